The van der Waals surface area contributed by atoms with Gasteiger partial charge in [-0.15, -0.1) is 0 Å². The standard InChI is InChI=1S/C19H25N5O2/c25-19(22-7-2-1-3-8-22)17-13-23(10-11-26-17)18-16-12-15(14-4-5-14)21-24(16)9-6-20-18/h6,9,12,14,17H,1-5,7-8,10-11,13H2. The summed E-state index contributed by atoms with van der Waals surface area (Å²) in [7, 11) is 0. The second-order valence-corrected chi connectivity index (χ2v) is 7.62. The summed E-state index contributed by atoms with van der Waals surface area (Å²) in [5.74, 6) is 1.65. The molecule has 0 aromatic carbocycles. The molecule has 2 aromatic heterocycles. The SMILES string of the molecule is O=C(C1CN(c2nccn3nc(C4CC4)cc23)CCO1)N1CCCCC1. The van der Waals surface area contributed by atoms with Crippen LogP contribution in [-0.4, -0.2) is 64.3 Å². The Morgan fingerprint density at radius 3 is 2.81 bits per heavy atom. The number of nitrogens with zero attached hydrogens (tertiary/aromatic N) is 5. The molecule has 0 N–H and O–H groups in total. The van der Waals surface area contributed by atoms with Gasteiger partial charge in [0.15, 0.2) is 11.9 Å². The van der Waals surface area contributed by atoms with Gasteiger partial charge >= 0.3 is 0 Å². The molecule has 2 saturated heterocycles. The van der Waals surface area contributed by atoms with Crippen LogP contribution in [0.5, 0.6) is 0 Å². The molecule has 1 amide bonds. The summed E-state index contributed by atoms with van der Waals surface area (Å²) in [6.07, 6.45) is 9.19. The first kappa shape index (κ1) is 16.1. The van der Waals surface area contributed by atoms with E-state index in [2.05, 4.69) is 16.0 Å². The quantitative estimate of drug-likeness (QED) is 0.840. The Bertz CT molecular complexity index is 809. The number of ether oxygens (including phenoxy) is 1. The number of amides is 1. The Kier molecular flexibility index (Phi) is 4.04. The summed E-state index contributed by atoms with van der Waals surface area (Å²) in [6.45, 7) is 3.59. The average Bonchev–Trinajstić information content (AvgIpc) is 3.46. The fourth-order valence-electron chi connectivity index (χ4n) is 4.06. The first-order chi connectivity index (χ1) is 12.8. The zero-order valence-electron chi connectivity index (χ0n) is 15.0. The van der Waals surface area contributed by atoms with Crippen LogP contribution >= 0.6 is 0 Å². The monoisotopic (exact) mass is 355 g/mol. The first-order valence-electron chi connectivity index (χ1n) is 9.79. The fourth-order valence-corrected chi connectivity index (χ4v) is 4.06. The highest BCUT2D eigenvalue weighted by atomic mass is 16.5. The largest absolute Gasteiger partial charge is 0.365 e. The van der Waals surface area contributed by atoms with E-state index in [4.69, 9.17) is 9.84 Å². The third kappa shape index (κ3) is 2.94. The molecule has 2 aromatic rings. The summed E-state index contributed by atoms with van der Waals surface area (Å²) in [5, 5.41) is 4.70. The molecule has 5 rings (SSSR count). The highest BCUT2D eigenvalue weighted by Gasteiger charge is 2.33. The average molecular weight is 355 g/mol. The van der Waals surface area contributed by atoms with Crippen LogP contribution in [0.25, 0.3) is 5.52 Å². The highest BCUT2D eigenvalue weighted by molar-refractivity contribution is 5.82. The van der Waals surface area contributed by atoms with Gasteiger partial charge in [-0.3, -0.25) is 4.79 Å². The number of hydrogen-bond donors (Lipinski definition) is 0. The Morgan fingerprint density at radius 1 is 1.15 bits per heavy atom. The number of fused-ring (bicyclic) bond motifs is 1. The first-order valence-corrected chi connectivity index (χ1v) is 9.79. The Hall–Kier alpha value is -2.15. The zero-order chi connectivity index (χ0) is 17.5. The number of rotatable bonds is 3. The van der Waals surface area contributed by atoms with Crippen LogP contribution in [-0.2, 0) is 9.53 Å². The predicted molar refractivity (Wildman–Crippen MR) is 97.3 cm³/mol. The zero-order valence-corrected chi connectivity index (χ0v) is 15.0. The molecule has 138 valence electrons. The highest BCUT2D eigenvalue weighted by Crippen LogP contribution is 2.40. The molecule has 3 aliphatic rings. The van der Waals surface area contributed by atoms with Crippen molar-refractivity contribution in [2.45, 2.75) is 44.1 Å². The predicted octanol–water partition coefficient (Wildman–Crippen LogP) is 1.82. The summed E-state index contributed by atoms with van der Waals surface area (Å²) >= 11 is 0. The van der Waals surface area contributed by atoms with E-state index >= 15 is 0 Å². The van der Waals surface area contributed by atoms with Crippen molar-refractivity contribution >= 4 is 17.2 Å². The molecular formula is C19H25N5O2. The lowest BCUT2D eigenvalue weighted by molar-refractivity contribution is -0.145. The number of likely N-dealkylation sites (tertiary alicyclic amines) is 1. The van der Waals surface area contributed by atoms with Crippen LogP contribution in [0.15, 0.2) is 18.5 Å². The van der Waals surface area contributed by atoms with E-state index in [0.717, 1.165) is 49.5 Å². The van der Waals surface area contributed by atoms with Gasteiger partial charge < -0.3 is 14.5 Å². The summed E-state index contributed by atoms with van der Waals surface area (Å²) in [6, 6.07) is 2.16. The van der Waals surface area contributed by atoms with Gasteiger partial charge in [-0.2, -0.15) is 5.10 Å². The van der Waals surface area contributed by atoms with E-state index < -0.39 is 6.10 Å². The number of piperidine rings is 1. The number of hydrogen-bond acceptors (Lipinski definition) is 5. The lowest BCUT2D eigenvalue weighted by Crippen LogP contribution is -2.52. The van der Waals surface area contributed by atoms with Crippen molar-refractivity contribution < 1.29 is 9.53 Å². The van der Waals surface area contributed by atoms with E-state index in [1.807, 2.05) is 15.6 Å². The molecule has 7 heteroatoms. The van der Waals surface area contributed by atoms with Gasteiger partial charge in [-0.05, 0) is 38.2 Å². The molecule has 0 radical (unpaired) electrons. The van der Waals surface area contributed by atoms with Gasteiger partial charge in [0, 0.05) is 37.9 Å². The van der Waals surface area contributed by atoms with Gasteiger partial charge in [0.05, 0.1) is 18.8 Å². The number of anilines is 1. The Morgan fingerprint density at radius 2 is 2.00 bits per heavy atom. The van der Waals surface area contributed by atoms with Crippen molar-refractivity contribution in [1.29, 1.82) is 0 Å². The summed E-state index contributed by atoms with van der Waals surface area (Å²) in [4.78, 5) is 21.6. The van der Waals surface area contributed by atoms with Gasteiger partial charge in [0.25, 0.3) is 5.91 Å². The molecule has 4 heterocycles. The third-order valence-electron chi connectivity index (χ3n) is 5.69. The van der Waals surface area contributed by atoms with E-state index in [0.29, 0.717) is 19.1 Å². The maximum Gasteiger partial charge on any atom is 0.253 e. The van der Waals surface area contributed by atoms with Gasteiger partial charge in [-0.25, -0.2) is 9.50 Å². The third-order valence-corrected chi connectivity index (χ3v) is 5.69. The van der Waals surface area contributed by atoms with Crippen LogP contribution in [0, 0.1) is 0 Å². The van der Waals surface area contributed by atoms with Crippen LogP contribution < -0.4 is 4.90 Å². The molecular weight excluding hydrogens is 330 g/mol. The molecule has 0 spiro atoms. The van der Waals surface area contributed by atoms with E-state index in [1.165, 1.54) is 19.3 Å². The number of aromatic nitrogens is 3. The Labute approximate surface area is 152 Å². The van der Waals surface area contributed by atoms with Crippen LogP contribution in [0.1, 0.15) is 43.7 Å². The molecule has 3 fully saturated rings. The topological polar surface area (TPSA) is 63.0 Å². The molecule has 1 aliphatic carbocycles. The smallest absolute Gasteiger partial charge is 0.253 e. The molecule has 1 unspecified atom stereocenters. The molecule has 1 atom stereocenters. The number of carbonyl (C=O) groups excluding carboxylic acids is 1. The van der Waals surface area contributed by atoms with Crippen molar-refractivity contribution in [3.63, 3.8) is 0 Å². The van der Waals surface area contributed by atoms with Gasteiger partial charge in [-0.1, -0.05) is 0 Å². The lowest BCUT2D eigenvalue weighted by atomic mass is 10.1. The van der Waals surface area contributed by atoms with E-state index in [9.17, 15) is 4.79 Å². The van der Waals surface area contributed by atoms with Crippen molar-refractivity contribution in [1.82, 2.24) is 19.5 Å². The second-order valence-electron chi connectivity index (χ2n) is 7.62. The van der Waals surface area contributed by atoms with Gasteiger partial charge in [0.1, 0.15) is 5.52 Å². The molecule has 1 saturated carbocycles. The minimum atomic E-state index is -0.394. The number of morpholine rings is 1. The van der Waals surface area contributed by atoms with Crippen molar-refractivity contribution in [2.75, 3.05) is 37.7 Å². The van der Waals surface area contributed by atoms with Crippen LogP contribution in [0.3, 0.4) is 0 Å². The van der Waals surface area contributed by atoms with Crippen molar-refractivity contribution in [3.8, 4) is 0 Å². The molecule has 26 heavy (non-hydrogen) atoms. The molecule has 0 bridgehead atoms. The second kappa shape index (κ2) is 6.54. The minimum Gasteiger partial charge on any atom is -0.365 e. The van der Waals surface area contributed by atoms with Gasteiger partial charge in [0.2, 0.25) is 0 Å². The number of carbonyl (C=O) groups is 1. The summed E-state index contributed by atoms with van der Waals surface area (Å²) < 4.78 is 7.75. The molecule has 2 aliphatic heterocycles. The lowest BCUT2D eigenvalue weighted by Gasteiger charge is -2.36. The normalized spacial score (nSPS) is 24.2. The van der Waals surface area contributed by atoms with Crippen molar-refractivity contribution in [3.05, 3.63) is 24.2 Å². The molecule has 7 nitrogen and oxygen atoms in total. The van der Waals surface area contributed by atoms with E-state index in [1.54, 1.807) is 6.20 Å². The maximum atomic E-state index is 12.8. The minimum absolute atomic E-state index is 0.133. The Balaban J connectivity index is 1.38. The van der Waals surface area contributed by atoms with Crippen molar-refractivity contribution in [2.24, 2.45) is 0 Å². The summed E-state index contributed by atoms with van der Waals surface area (Å²) in [5.41, 5.74) is 2.19. The van der Waals surface area contributed by atoms with Crippen LogP contribution in [0.2, 0.25) is 0 Å². The fraction of sp³-hybridized carbons (Fsp3) is 0.632. The van der Waals surface area contributed by atoms with Crippen LogP contribution in [0.4, 0.5) is 5.82 Å². The maximum absolute atomic E-state index is 12.8. The van der Waals surface area contributed by atoms with E-state index in [-0.39, 0.29) is 5.91 Å².